The van der Waals surface area contributed by atoms with Crippen molar-refractivity contribution in [2.45, 2.75) is 50.4 Å². The van der Waals surface area contributed by atoms with Crippen molar-refractivity contribution in [3.63, 3.8) is 0 Å². The van der Waals surface area contributed by atoms with Crippen LogP contribution < -0.4 is 0 Å². The molecule has 0 radical (unpaired) electrons. The first-order valence-corrected chi connectivity index (χ1v) is 9.28. The zero-order valence-electron chi connectivity index (χ0n) is 14.5. The second-order valence-corrected chi connectivity index (χ2v) is 7.25. The van der Waals surface area contributed by atoms with Gasteiger partial charge in [-0.05, 0) is 53.2 Å². The van der Waals surface area contributed by atoms with Gasteiger partial charge in [-0.3, -0.25) is 4.79 Å². The van der Waals surface area contributed by atoms with E-state index in [1.54, 1.807) is 12.1 Å². The monoisotopic (exact) mass is 334 g/mol. The summed E-state index contributed by atoms with van der Waals surface area (Å²) in [5.74, 6) is 0.830. The Morgan fingerprint density at radius 1 is 1.08 bits per heavy atom. The standard InChI is InChI=1S/C23H23FO/c1-2-3-8-23(25)22-14-20-17-6-4-5-7-18(17)21(22)13-19(20)15-9-11-16(24)12-10-15/h4-7,9-12,14,19-21H,2-3,8,13H2,1H3. The fraction of sp³-hybridized carbons (Fsp3) is 0.348. The Hall–Kier alpha value is -2.22. The number of hydrogen-bond donors (Lipinski definition) is 0. The number of hydrogen-bond acceptors (Lipinski definition) is 1. The smallest absolute Gasteiger partial charge is 0.159 e. The van der Waals surface area contributed by atoms with Crippen LogP contribution in [0, 0.1) is 5.82 Å². The molecule has 0 spiro atoms. The number of Topliss-reactive ketones (excluding diaryl/α,β-unsaturated/α-hetero) is 1. The van der Waals surface area contributed by atoms with Crippen molar-refractivity contribution in [3.8, 4) is 0 Å². The van der Waals surface area contributed by atoms with Crippen molar-refractivity contribution in [1.29, 1.82) is 0 Å². The molecule has 0 heterocycles. The van der Waals surface area contributed by atoms with Crippen LogP contribution in [0.3, 0.4) is 0 Å². The highest BCUT2D eigenvalue weighted by atomic mass is 19.1. The number of carbonyl (C=O) groups is 1. The SMILES string of the molecule is CCCCC(=O)C1=CC2c3ccccc3C1CC2c1ccc(F)cc1. The van der Waals surface area contributed by atoms with Gasteiger partial charge in [0, 0.05) is 18.3 Å². The van der Waals surface area contributed by atoms with Gasteiger partial charge in [0.1, 0.15) is 5.82 Å². The molecule has 0 amide bonds. The van der Waals surface area contributed by atoms with Gasteiger partial charge < -0.3 is 0 Å². The molecule has 0 aliphatic heterocycles. The van der Waals surface area contributed by atoms with Gasteiger partial charge in [0.25, 0.3) is 0 Å². The molecule has 128 valence electrons. The number of carbonyl (C=O) groups excluding carboxylic acids is 1. The minimum atomic E-state index is -0.198. The predicted molar refractivity (Wildman–Crippen MR) is 98.3 cm³/mol. The van der Waals surface area contributed by atoms with E-state index >= 15 is 0 Å². The van der Waals surface area contributed by atoms with Gasteiger partial charge in [0.05, 0.1) is 0 Å². The molecule has 0 saturated heterocycles. The first kappa shape index (κ1) is 16.3. The molecule has 0 aromatic heterocycles. The van der Waals surface area contributed by atoms with E-state index in [1.807, 2.05) is 12.1 Å². The molecule has 2 heteroatoms. The minimum Gasteiger partial charge on any atom is -0.295 e. The Labute approximate surface area is 148 Å². The van der Waals surface area contributed by atoms with Crippen molar-refractivity contribution in [2.75, 3.05) is 0 Å². The van der Waals surface area contributed by atoms with E-state index in [4.69, 9.17) is 0 Å². The van der Waals surface area contributed by atoms with Crippen LogP contribution in [0.1, 0.15) is 67.1 Å². The lowest BCUT2D eigenvalue weighted by atomic mass is 9.60. The van der Waals surface area contributed by atoms with Crippen LogP contribution in [0.5, 0.6) is 0 Å². The van der Waals surface area contributed by atoms with E-state index in [9.17, 15) is 9.18 Å². The van der Waals surface area contributed by atoms with Crippen LogP contribution in [0.15, 0.2) is 60.2 Å². The summed E-state index contributed by atoms with van der Waals surface area (Å²) in [7, 11) is 0. The third kappa shape index (κ3) is 2.84. The summed E-state index contributed by atoms with van der Waals surface area (Å²) >= 11 is 0. The Balaban J connectivity index is 1.73. The summed E-state index contributed by atoms with van der Waals surface area (Å²) in [5, 5.41) is 0. The van der Waals surface area contributed by atoms with E-state index < -0.39 is 0 Å². The van der Waals surface area contributed by atoms with Crippen LogP contribution in [0.25, 0.3) is 0 Å². The molecule has 25 heavy (non-hydrogen) atoms. The second-order valence-electron chi connectivity index (χ2n) is 7.25. The van der Waals surface area contributed by atoms with Gasteiger partial charge in [-0.25, -0.2) is 4.39 Å². The van der Waals surface area contributed by atoms with Gasteiger partial charge in [0.2, 0.25) is 0 Å². The summed E-state index contributed by atoms with van der Waals surface area (Å²) in [6.07, 6.45) is 5.80. The van der Waals surface area contributed by atoms with Crippen LogP contribution in [-0.4, -0.2) is 5.78 Å². The Kier molecular flexibility index (Phi) is 4.29. The first-order valence-electron chi connectivity index (χ1n) is 9.28. The van der Waals surface area contributed by atoms with Crippen molar-refractivity contribution in [1.82, 2.24) is 0 Å². The van der Waals surface area contributed by atoms with Gasteiger partial charge >= 0.3 is 0 Å². The quantitative estimate of drug-likeness (QED) is 0.667. The molecule has 3 atom stereocenters. The fourth-order valence-corrected chi connectivity index (χ4v) is 4.51. The Morgan fingerprint density at radius 2 is 1.80 bits per heavy atom. The third-order valence-electron chi connectivity index (χ3n) is 5.77. The molecule has 2 aromatic carbocycles. The maximum Gasteiger partial charge on any atom is 0.159 e. The summed E-state index contributed by atoms with van der Waals surface area (Å²) in [4.78, 5) is 12.7. The largest absolute Gasteiger partial charge is 0.295 e. The number of halogens is 1. The molecule has 0 saturated carbocycles. The molecule has 2 aromatic rings. The van der Waals surface area contributed by atoms with Gasteiger partial charge in [-0.2, -0.15) is 0 Å². The maximum absolute atomic E-state index is 13.3. The molecule has 0 N–H and O–H groups in total. The molecule has 1 nitrogen and oxygen atoms in total. The van der Waals surface area contributed by atoms with E-state index in [-0.39, 0.29) is 17.7 Å². The van der Waals surface area contributed by atoms with Crippen molar-refractivity contribution >= 4 is 5.78 Å². The maximum atomic E-state index is 13.3. The number of benzene rings is 2. The van der Waals surface area contributed by atoms with Crippen molar-refractivity contribution in [3.05, 3.63) is 82.7 Å². The lowest BCUT2D eigenvalue weighted by Crippen LogP contribution is -2.30. The average molecular weight is 334 g/mol. The molecular weight excluding hydrogens is 311 g/mol. The zero-order chi connectivity index (χ0) is 17.4. The molecule has 3 aliphatic carbocycles. The second kappa shape index (κ2) is 6.59. The average Bonchev–Trinajstić information content (AvgIpc) is 2.66. The van der Waals surface area contributed by atoms with Gasteiger partial charge in [-0.15, -0.1) is 0 Å². The fourth-order valence-electron chi connectivity index (χ4n) is 4.51. The summed E-state index contributed by atoms with van der Waals surface area (Å²) in [6, 6.07) is 15.4. The number of rotatable bonds is 5. The molecule has 5 rings (SSSR count). The summed E-state index contributed by atoms with van der Waals surface area (Å²) in [6.45, 7) is 2.12. The number of ketones is 1. The molecule has 3 aliphatic rings. The highest BCUT2D eigenvalue weighted by molar-refractivity contribution is 5.98. The van der Waals surface area contributed by atoms with Crippen LogP contribution >= 0.6 is 0 Å². The highest BCUT2D eigenvalue weighted by Gasteiger charge is 2.42. The minimum absolute atomic E-state index is 0.181. The normalized spacial score (nSPS) is 23.9. The van der Waals surface area contributed by atoms with E-state index in [1.165, 1.54) is 16.7 Å². The van der Waals surface area contributed by atoms with Gasteiger partial charge in [-0.1, -0.05) is 55.8 Å². The van der Waals surface area contributed by atoms with E-state index in [0.717, 1.165) is 24.8 Å². The van der Waals surface area contributed by atoms with Crippen molar-refractivity contribution in [2.24, 2.45) is 0 Å². The first-order chi connectivity index (χ1) is 12.2. The van der Waals surface area contributed by atoms with E-state index in [2.05, 4.69) is 37.3 Å². The third-order valence-corrected chi connectivity index (χ3v) is 5.77. The highest BCUT2D eigenvalue weighted by Crippen LogP contribution is 2.55. The molecule has 0 fully saturated rings. The molecule has 3 unspecified atom stereocenters. The van der Waals surface area contributed by atoms with Crippen LogP contribution in [0.2, 0.25) is 0 Å². The Bertz CT molecular complexity index is 818. The number of allylic oxidation sites excluding steroid dienone is 2. The van der Waals surface area contributed by atoms with Crippen LogP contribution in [-0.2, 0) is 4.79 Å². The number of unbranched alkanes of at least 4 members (excludes halogenated alkanes) is 1. The lowest BCUT2D eigenvalue weighted by molar-refractivity contribution is -0.116. The lowest BCUT2D eigenvalue weighted by Gasteiger charge is -2.43. The van der Waals surface area contributed by atoms with Gasteiger partial charge in [0.15, 0.2) is 5.78 Å². The number of fused-ring (bicyclic) bond motifs is 1. The summed E-state index contributed by atoms with van der Waals surface area (Å²) < 4.78 is 13.3. The topological polar surface area (TPSA) is 17.1 Å². The van der Waals surface area contributed by atoms with Crippen molar-refractivity contribution < 1.29 is 9.18 Å². The Morgan fingerprint density at radius 3 is 2.52 bits per heavy atom. The van der Waals surface area contributed by atoms with E-state index in [0.29, 0.717) is 18.1 Å². The zero-order valence-corrected chi connectivity index (χ0v) is 14.5. The predicted octanol–water partition coefficient (Wildman–Crippen LogP) is 5.88. The molecular formula is C23H23FO. The molecule has 2 bridgehead atoms. The summed E-state index contributed by atoms with van der Waals surface area (Å²) in [5.41, 5.74) is 4.83. The van der Waals surface area contributed by atoms with Crippen LogP contribution in [0.4, 0.5) is 4.39 Å².